The van der Waals surface area contributed by atoms with Crippen LogP contribution in [0.1, 0.15) is 60.6 Å². The number of likely N-dealkylation sites (tertiary alicyclic amines) is 1. The van der Waals surface area contributed by atoms with Crippen molar-refractivity contribution >= 4 is 29.0 Å². The predicted octanol–water partition coefficient (Wildman–Crippen LogP) is 0.799. The highest BCUT2D eigenvalue weighted by Gasteiger charge is 2.69. The van der Waals surface area contributed by atoms with Gasteiger partial charge >= 0.3 is 0 Å². The van der Waals surface area contributed by atoms with E-state index < -0.39 is 75.9 Å². The monoisotopic (exact) mass is 557 g/mol. The van der Waals surface area contributed by atoms with Crippen molar-refractivity contribution < 1.29 is 38.6 Å². The second-order valence-electron chi connectivity index (χ2n) is 12.5. The summed E-state index contributed by atoms with van der Waals surface area (Å²) in [5.74, 6) is -11.8. The van der Waals surface area contributed by atoms with Gasteiger partial charge in [0.15, 0.2) is 34.7 Å². The van der Waals surface area contributed by atoms with Crippen LogP contribution in [-0.4, -0.2) is 87.9 Å². The summed E-state index contributed by atoms with van der Waals surface area (Å²) >= 11 is 0. The van der Waals surface area contributed by atoms with Gasteiger partial charge in [0, 0.05) is 29.6 Å². The van der Waals surface area contributed by atoms with Crippen LogP contribution in [0.4, 0.5) is 4.39 Å². The fourth-order valence-corrected chi connectivity index (χ4v) is 7.78. The number of halogens is 1. The Bertz CT molecular complexity index is 1330. The minimum absolute atomic E-state index is 0.0146. The van der Waals surface area contributed by atoms with Gasteiger partial charge in [-0.15, -0.1) is 0 Å². The molecule has 1 saturated heterocycles. The number of rotatable bonds is 5. The Hall–Kier alpha value is -3.02. The molecule has 3 aliphatic carbocycles. The number of amides is 1. The molecule has 0 bridgehead atoms. The Morgan fingerprint density at radius 1 is 1.23 bits per heavy atom. The summed E-state index contributed by atoms with van der Waals surface area (Å²) in [7, 11) is 3.03. The number of ketones is 4. The first-order chi connectivity index (χ1) is 18.7. The van der Waals surface area contributed by atoms with Gasteiger partial charge in [0.1, 0.15) is 11.6 Å². The molecule has 7 atom stereocenters. The second-order valence-corrected chi connectivity index (χ2v) is 12.5. The molecule has 0 radical (unpaired) electrons. The maximum Gasteiger partial charge on any atom is 0.235 e. The Morgan fingerprint density at radius 2 is 1.90 bits per heavy atom. The number of carbonyl (C=O) groups is 5. The van der Waals surface area contributed by atoms with Crippen molar-refractivity contribution in [2.45, 2.75) is 57.2 Å². The van der Waals surface area contributed by atoms with Gasteiger partial charge in [0.05, 0.1) is 17.5 Å². The van der Waals surface area contributed by atoms with E-state index in [1.807, 2.05) is 0 Å². The molecule has 10 nitrogen and oxygen atoms in total. The lowest BCUT2D eigenvalue weighted by Crippen LogP contribution is -2.74. The van der Waals surface area contributed by atoms with Crippen molar-refractivity contribution in [1.82, 2.24) is 9.80 Å². The van der Waals surface area contributed by atoms with Gasteiger partial charge in [-0.05, 0) is 64.2 Å². The number of nitrogens with zero attached hydrogens (tertiary/aromatic N) is 2. The zero-order chi connectivity index (χ0) is 29.4. The van der Waals surface area contributed by atoms with Crippen molar-refractivity contribution in [2.24, 2.45) is 35.3 Å². The van der Waals surface area contributed by atoms with Crippen LogP contribution in [-0.2, 0) is 25.6 Å². The molecule has 0 spiro atoms. The van der Waals surface area contributed by atoms with Gasteiger partial charge in [-0.1, -0.05) is 13.8 Å². The third-order valence-corrected chi connectivity index (χ3v) is 9.34. The molecular formula is C29H36FN3O7. The molecule has 4 aliphatic rings. The molecule has 3 fully saturated rings. The van der Waals surface area contributed by atoms with Crippen LogP contribution in [0.5, 0.6) is 5.75 Å². The SMILES string of the molecule is CC(C)CN1CCCC1c1cc(O)c2c(c1F)CC1CC3C(N(C)C)C(=O)C(C(N)=O)C(=O)C3(O)C(=O)C1C2=O. The Morgan fingerprint density at radius 3 is 2.50 bits per heavy atom. The number of benzene rings is 1. The third kappa shape index (κ3) is 3.96. The molecule has 4 N–H and O–H groups in total. The average molecular weight is 558 g/mol. The van der Waals surface area contributed by atoms with Gasteiger partial charge in [-0.2, -0.15) is 0 Å². The molecule has 2 saturated carbocycles. The summed E-state index contributed by atoms with van der Waals surface area (Å²) in [5, 5.41) is 22.6. The van der Waals surface area contributed by atoms with Crippen molar-refractivity contribution in [3.8, 4) is 5.75 Å². The van der Waals surface area contributed by atoms with Crippen molar-refractivity contribution in [3.05, 3.63) is 28.6 Å². The normalized spacial score (nSPS) is 34.3. The first kappa shape index (κ1) is 28.5. The topological polar surface area (TPSA) is 158 Å². The molecule has 0 aromatic heterocycles. The Kier molecular flexibility index (Phi) is 6.99. The molecule has 1 aromatic carbocycles. The number of hydrogen-bond donors (Lipinski definition) is 3. The number of hydrogen-bond acceptors (Lipinski definition) is 9. The Balaban J connectivity index is 1.59. The van der Waals surface area contributed by atoms with Gasteiger partial charge in [-0.3, -0.25) is 33.8 Å². The van der Waals surface area contributed by atoms with E-state index in [0.29, 0.717) is 17.9 Å². The average Bonchev–Trinajstić information content (AvgIpc) is 3.30. The summed E-state index contributed by atoms with van der Waals surface area (Å²) in [5.41, 5.74) is 2.53. The van der Waals surface area contributed by atoms with Gasteiger partial charge < -0.3 is 15.9 Å². The van der Waals surface area contributed by atoms with Crippen LogP contribution in [0, 0.1) is 35.4 Å². The molecule has 40 heavy (non-hydrogen) atoms. The van der Waals surface area contributed by atoms with Crippen molar-refractivity contribution in [3.63, 3.8) is 0 Å². The van der Waals surface area contributed by atoms with Crippen molar-refractivity contribution in [2.75, 3.05) is 27.2 Å². The minimum atomic E-state index is -2.80. The van der Waals surface area contributed by atoms with Crippen molar-refractivity contribution in [1.29, 1.82) is 0 Å². The summed E-state index contributed by atoms with van der Waals surface area (Å²) < 4.78 is 16.2. The lowest BCUT2D eigenvalue weighted by Gasteiger charge is -2.52. The Labute approximate surface area is 231 Å². The summed E-state index contributed by atoms with van der Waals surface area (Å²) in [6.07, 6.45) is 1.37. The number of primary amides is 1. The van der Waals surface area contributed by atoms with E-state index in [1.165, 1.54) is 25.1 Å². The quantitative estimate of drug-likeness (QED) is 0.445. The number of Topliss-reactive ketones (excluding diaryl/α,β-unsaturated/α-hetero) is 4. The number of fused-ring (bicyclic) bond motifs is 3. The number of aliphatic hydroxyl groups is 1. The molecule has 216 valence electrons. The van der Waals surface area contributed by atoms with Gasteiger partial charge in [0.25, 0.3) is 0 Å². The van der Waals surface area contributed by atoms with Crippen LogP contribution in [0.25, 0.3) is 0 Å². The molecule has 1 aromatic rings. The highest BCUT2D eigenvalue weighted by Crippen LogP contribution is 2.51. The lowest BCUT2D eigenvalue weighted by atomic mass is 9.52. The summed E-state index contributed by atoms with van der Waals surface area (Å²) in [4.78, 5) is 69.8. The minimum Gasteiger partial charge on any atom is -0.507 e. The molecular weight excluding hydrogens is 521 g/mol. The van der Waals surface area contributed by atoms with Crippen LogP contribution in [0.15, 0.2) is 6.07 Å². The van der Waals surface area contributed by atoms with E-state index in [9.17, 15) is 34.2 Å². The number of aromatic hydroxyl groups is 1. The van der Waals surface area contributed by atoms with Gasteiger partial charge in [0.2, 0.25) is 5.91 Å². The fourth-order valence-electron chi connectivity index (χ4n) is 7.78. The number of phenols is 1. The largest absolute Gasteiger partial charge is 0.507 e. The molecule has 5 rings (SSSR count). The first-order valence-corrected chi connectivity index (χ1v) is 13.8. The third-order valence-electron chi connectivity index (χ3n) is 9.34. The number of phenolic OH excluding ortho intramolecular Hbond substituents is 1. The molecule has 1 aliphatic heterocycles. The van der Waals surface area contributed by atoms with Crippen LogP contribution >= 0.6 is 0 Å². The smallest absolute Gasteiger partial charge is 0.235 e. The van der Waals surface area contributed by atoms with E-state index in [2.05, 4.69) is 18.7 Å². The highest BCUT2D eigenvalue weighted by molar-refractivity contribution is 6.32. The molecule has 1 heterocycles. The zero-order valence-electron chi connectivity index (χ0n) is 23.1. The fraction of sp³-hybridized carbons (Fsp3) is 0.621. The van der Waals surface area contributed by atoms with E-state index in [4.69, 9.17) is 5.73 Å². The first-order valence-electron chi connectivity index (χ1n) is 13.8. The number of nitrogens with two attached hydrogens (primary N) is 1. The van der Waals surface area contributed by atoms with E-state index in [-0.39, 0.29) is 30.0 Å². The maximum absolute atomic E-state index is 16.2. The predicted molar refractivity (Wildman–Crippen MR) is 140 cm³/mol. The number of likely N-dealkylation sites (N-methyl/N-ethyl adjacent to an activating group) is 1. The van der Waals surface area contributed by atoms with E-state index in [0.717, 1.165) is 19.5 Å². The molecule has 7 unspecified atom stereocenters. The van der Waals surface area contributed by atoms with Crippen LogP contribution < -0.4 is 5.73 Å². The van der Waals surface area contributed by atoms with E-state index in [1.54, 1.807) is 0 Å². The van der Waals surface area contributed by atoms with E-state index >= 15 is 4.39 Å². The summed E-state index contributed by atoms with van der Waals surface area (Å²) in [6, 6.07) is -0.202. The van der Waals surface area contributed by atoms with Crippen LogP contribution in [0.3, 0.4) is 0 Å². The molecule has 11 heteroatoms. The zero-order valence-corrected chi connectivity index (χ0v) is 23.1. The highest BCUT2D eigenvalue weighted by atomic mass is 19.1. The van der Waals surface area contributed by atoms with Gasteiger partial charge in [-0.25, -0.2) is 4.39 Å². The maximum atomic E-state index is 16.2. The number of carbonyl (C=O) groups excluding carboxylic acids is 5. The second kappa shape index (κ2) is 9.81. The standard InChI is InChI=1S/C29H36FN3O7/c1-12(2)11-33-7-5-6-17(33)14-10-18(34)20-15(22(14)30)8-13-9-16-23(32(3)4)25(36)21(28(31)39)27(38)29(16,40)26(37)19(13)24(20)35/h10,12-13,16-17,19,21,23,34,40H,5-9,11H2,1-4H3,(H2,31,39). The van der Waals surface area contributed by atoms with Crippen LogP contribution in [0.2, 0.25) is 0 Å². The summed E-state index contributed by atoms with van der Waals surface area (Å²) in [6.45, 7) is 5.69. The lowest BCUT2D eigenvalue weighted by molar-refractivity contribution is -0.181. The molecule has 1 amide bonds.